The first-order valence-electron chi connectivity index (χ1n) is 5.28. The average Bonchev–Trinajstić information content (AvgIpc) is 2.39. The maximum absolute atomic E-state index is 10.9. The molecule has 7 heteroatoms. The molecule has 1 aliphatic heterocycles. The van der Waals surface area contributed by atoms with Gasteiger partial charge in [0, 0.05) is 19.3 Å². The first-order valence-corrected chi connectivity index (χ1v) is 5.28. The molecular weight excluding hydrogens is 226 g/mol. The highest BCUT2D eigenvalue weighted by molar-refractivity contribution is 5.61. The van der Waals surface area contributed by atoms with Crippen LogP contribution in [0, 0.1) is 10.1 Å². The van der Waals surface area contributed by atoms with Crippen LogP contribution in [0.1, 0.15) is 0 Å². The monoisotopic (exact) mass is 239 g/mol. The van der Waals surface area contributed by atoms with E-state index in [1.54, 1.807) is 6.07 Å². The van der Waals surface area contributed by atoms with E-state index in [1.165, 1.54) is 12.4 Å². The number of hydrogen-bond acceptors (Lipinski definition) is 6. The van der Waals surface area contributed by atoms with Gasteiger partial charge in [-0.2, -0.15) is 0 Å². The van der Waals surface area contributed by atoms with Gasteiger partial charge in [0.05, 0.1) is 24.2 Å². The van der Waals surface area contributed by atoms with Crippen molar-refractivity contribution in [2.45, 2.75) is 6.10 Å². The topological polar surface area (TPSA) is 88.7 Å². The van der Waals surface area contributed by atoms with Gasteiger partial charge >= 0.3 is 5.69 Å². The van der Waals surface area contributed by atoms with E-state index in [4.69, 9.17) is 9.84 Å². The molecule has 2 rings (SSSR count). The molecule has 17 heavy (non-hydrogen) atoms. The van der Waals surface area contributed by atoms with Gasteiger partial charge in [-0.25, -0.2) is 0 Å². The molecule has 1 N–H and O–H groups in total. The highest BCUT2D eigenvalue weighted by atomic mass is 16.6. The molecule has 0 bridgehead atoms. The van der Waals surface area contributed by atoms with Crippen molar-refractivity contribution in [3.8, 4) is 0 Å². The molecule has 0 spiro atoms. The number of aliphatic hydroxyl groups is 1. The normalized spacial score (nSPS) is 20.3. The number of pyridine rings is 1. The predicted molar refractivity (Wildman–Crippen MR) is 59.9 cm³/mol. The lowest BCUT2D eigenvalue weighted by Crippen LogP contribution is -2.44. The van der Waals surface area contributed by atoms with Crippen LogP contribution in [0.4, 0.5) is 11.4 Å². The smallest absolute Gasteiger partial charge is 0.310 e. The second-order valence-corrected chi connectivity index (χ2v) is 3.74. The van der Waals surface area contributed by atoms with Gasteiger partial charge in [-0.05, 0) is 6.07 Å². The Morgan fingerprint density at radius 1 is 1.71 bits per heavy atom. The van der Waals surface area contributed by atoms with E-state index in [1.807, 2.05) is 4.90 Å². The Hall–Kier alpha value is -1.73. The largest absolute Gasteiger partial charge is 0.394 e. The van der Waals surface area contributed by atoms with Gasteiger partial charge in [0.15, 0.2) is 0 Å². The lowest BCUT2D eigenvalue weighted by molar-refractivity contribution is -0.384. The molecule has 1 aliphatic rings. The number of aromatic nitrogens is 1. The van der Waals surface area contributed by atoms with E-state index in [-0.39, 0.29) is 18.4 Å². The number of nitro groups is 1. The van der Waals surface area contributed by atoms with E-state index >= 15 is 0 Å². The van der Waals surface area contributed by atoms with E-state index in [0.717, 1.165) is 0 Å². The minimum Gasteiger partial charge on any atom is -0.394 e. The first-order chi connectivity index (χ1) is 8.22. The standard InChI is InChI=1S/C10H13N3O4/c14-7-8-6-12(3-4-17-8)9-1-2-11-5-10(9)13(15)16/h1-2,5,8,14H,3-4,6-7H2. The summed E-state index contributed by atoms with van der Waals surface area (Å²) in [6.07, 6.45) is 2.46. The molecule has 1 unspecified atom stereocenters. The lowest BCUT2D eigenvalue weighted by Gasteiger charge is -2.33. The molecule has 0 radical (unpaired) electrons. The molecule has 0 aromatic carbocycles. The molecule has 1 atom stereocenters. The third-order valence-electron chi connectivity index (χ3n) is 2.66. The Bertz CT molecular complexity index is 412. The van der Waals surface area contributed by atoms with E-state index in [0.29, 0.717) is 25.4 Å². The summed E-state index contributed by atoms with van der Waals surface area (Å²) < 4.78 is 5.30. The summed E-state index contributed by atoms with van der Waals surface area (Å²) in [5, 5.41) is 19.9. The summed E-state index contributed by atoms with van der Waals surface area (Å²) in [7, 11) is 0. The second kappa shape index (κ2) is 5.07. The van der Waals surface area contributed by atoms with Gasteiger partial charge in [-0.1, -0.05) is 0 Å². The summed E-state index contributed by atoms with van der Waals surface area (Å²) in [6.45, 7) is 1.38. The molecule has 0 saturated carbocycles. The third kappa shape index (κ3) is 2.51. The van der Waals surface area contributed by atoms with Crippen molar-refractivity contribution in [3.63, 3.8) is 0 Å². The molecule has 1 aromatic heterocycles. The summed E-state index contributed by atoms with van der Waals surface area (Å²) in [5.74, 6) is 0. The molecular formula is C10H13N3O4. The van der Waals surface area contributed by atoms with Crippen LogP contribution in [0.3, 0.4) is 0 Å². The zero-order valence-corrected chi connectivity index (χ0v) is 9.15. The van der Waals surface area contributed by atoms with Crippen LogP contribution < -0.4 is 4.90 Å². The van der Waals surface area contributed by atoms with Crippen molar-refractivity contribution in [1.29, 1.82) is 0 Å². The van der Waals surface area contributed by atoms with Crippen LogP contribution >= 0.6 is 0 Å². The van der Waals surface area contributed by atoms with Crippen LogP contribution in [0.15, 0.2) is 18.5 Å². The summed E-state index contributed by atoms with van der Waals surface area (Å²) in [4.78, 5) is 16.0. The maximum atomic E-state index is 10.9. The van der Waals surface area contributed by atoms with Crippen molar-refractivity contribution in [2.24, 2.45) is 0 Å². The average molecular weight is 239 g/mol. The minimum absolute atomic E-state index is 0.0221. The molecule has 92 valence electrons. The Kier molecular flexibility index (Phi) is 3.50. The molecule has 7 nitrogen and oxygen atoms in total. The fourth-order valence-electron chi connectivity index (χ4n) is 1.84. The van der Waals surface area contributed by atoms with Gasteiger partial charge in [-0.3, -0.25) is 15.1 Å². The van der Waals surface area contributed by atoms with E-state index in [9.17, 15) is 10.1 Å². The fourth-order valence-corrected chi connectivity index (χ4v) is 1.84. The van der Waals surface area contributed by atoms with Gasteiger partial charge < -0.3 is 14.7 Å². The quantitative estimate of drug-likeness (QED) is 0.598. The first kappa shape index (κ1) is 11.7. The van der Waals surface area contributed by atoms with E-state index in [2.05, 4.69) is 4.98 Å². The van der Waals surface area contributed by atoms with Gasteiger partial charge in [-0.15, -0.1) is 0 Å². The molecule has 0 amide bonds. The molecule has 1 fully saturated rings. The molecule has 1 saturated heterocycles. The second-order valence-electron chi connectivity index (χ2n) is 3.74. The number of rotatable bonds is 3. The van der Waals surface area contributed by atoms with Crippen molar-refractivity contribution in [3.05, 3.63) is 28.6 Å². The zero-order valence-electron chi connectivity index (χ0n) is 9.15. The lowest BCUT2D eigenvalue weighted by atomic mass is 10.2. The van der Waals surface area contributed by atoms with Crippen molar-refractivity contribution < 1.29 is 14.8 Å². The van der Waals surface area contributed by atoms with Crippen LogP contribution in [-0.2, 0) is 4.74 Å². The Morgan fingerprint density at radius 2 is 2.53 bits per heavy atom. The number of aliphatic hydroxyl groups excluding tert-OH is 1. The highest BCUT2D eigenvalue weighted by Crippen LogP contribution is 2.27. The van der Waals surface area contributed by atoms with Gasteiger partial charge in [0.25, 0.3) is 0 Å². The Morgan fingerprint density at radius 3 is 3.24 bits per heavy atom. The SMILES string of the molecule is O=[N+]([O-])c1cnccc1N1CCOC(CO)C1. The summed E-state index contributed by atoms with van der Waals surface area (Å²) >= 11 is 0. The van der Waals surface area contributed by atoms with Crippen LogP contribution in [0.2, 0.25) is 0 Å². The predicted octanol–water partition coefficient (Wildman–Crippen LogP) is 0.187. The maximum Gasteiger partial charge on any atom is 0.310 e. The minimum atomic E-state index is -0.453. The number of nitrogens with zero attached hydrogens (tertiary/aromatic N) is 3. The number of morpholine rings is 1. The molecule has 0 aliphatic carbocycles. The molecule has 1 aromatic rings. The van der Waals surface area contributed by atoms with Crippen LogP contribution in [-0.4, -0.2) is 47.4 Å². The van der Waals surface area contributed by atoms with Crippen molar-refractivity contribution >= 4 is 11.4 Å². The highest BCUT2D eigenvalue weighted by Gasteiger charge is 2.25. The number of anilines is 1. The third-order valence-corrected chi connectivity index (χ3v) is 2.66. The Labute approximate surface area is 97.8 Å². The van der Waals surface area contributed by atoms with E-state index < -0.39 is 4.92 Å². The van der Waals surface area contributed by atoms with Crippen molar-refractivity contribution in [2.75, 3.05) is 31.2 Å². The zero-order chi connectivity index (χ0) is 12.3. The van der Waals surface area contributed by atoms with Crippen LogP contribution in [0.25, 0.3) is 0 Å². The summed E-state index contributed by atoms with van der Waals surface area (Å²) in [6, 6.07) is 1.61. The van der Waals surface area contributed by atoms with Crippen LogP contribution in [0.5, 0.6) is 0 Å². The van der Waals surface area contributed by atoms with Gasteiger partial charge in [0.2, 0.25) is 0 Å². The summed E-state index contributed by atoms with van der Waals surface area (Å²) in [5.41, 5.74) is 0.498. The molecule has 2 heterocycles. The Balaban J connectivity index is 2.24. The fraction of sp³-hybridized carbons (Fsp3) is 0.500. The number of ether oxygens (including phenoxy) is 1. The number of hydrogen-bond donors (Lipinski definition) is 1. The van der Waals surface area contributed by atoms with Gasteiger partial charge in [0.1, 0.15) is 11.9 Å². The van der Waals surface area contributed by atoms with Crippen molar-refractivity contribution in [1.82, 2.24) is 4.98 Å².